The molecule has 18 heavy (non-hydrogen) atoms. The number of fused-ring (bicyclic) bond motifs is 1. The third-order valence-corrected chi connectivity index (χ3v) is 2.99. The number of H-pyrrole nitrogens is 2. The first-order valence-corrected chi connectivity index (χ1v) is 5.97. The molecular formula is C13H15N5. The van der Waals surface area contributed by atoms with Gasteiger partial charge >= 0.3 is 0 Å². The molecule has 4 N–H and O–H groups in total. The molecule has 3 rings (SSSR count). The van der Waals surface area contributed by atoms with Crippen molar-refractivity contribution in [2.24, 2.45) is 5.73 Å². The van der Waals surface area contributed by atoms with Gasteiger partial charge in [-0.05, 0) is 25.6 Å². The van der Waals surface area contributed by atoms with Gasteiger partial charge in [-0.25, -0.2) is 9.97 Å². The van der Waals surface area contributed by atoms with Crippen LogP contribution < -0.4 is 5.73 Å². The Hall–Kier alpha value is -2.14. The number of hydrogen-bond donors (Lipinski definition) is 3. The monoisotopic (exact) mass is 241 g/mol. The Kier molecular flexibility index (Phi) is 2.60. The zero-order valence-electron chi connectivity index (χ0n) is 10.2. The first kappa shape index (κ1) is 11.0. The van der Waals surface area contributed by atoms with Crippen molar-refractivity contribution in [3.05, 3.63) is 36.0 Å². The summed E-state index contributed by atoms with van der Waals surface area (Å²) in [6.07, 6.45) is 2.51. The SMILES string of the molecule is Cc1nc2ccc(-c3nc[nH]c3CCN)cc2[nH]1. The van der Waals surface area contributed by atoms with Gasteiger partial charge in [0.1, 0.15) is 5.82 Å². The van der Waals surface area contributed by atoms with Crippen LogP contribution in [0.2, 0.25) is 0 Å². The average Bonchev–Trinajstić information content (AvgIpc) is 2.93. The minimum atomic E-state index is 0.612. The van der Waals surface area contributed by atoms with E-state index in [4.69, 9.17) is 5.73 Å². The summed E-state index contributed by atoms with van der Waals surface area (Å²) in [4.78, 5) is 15.1. The number of imidazole rings is 2. The van der Waals surface area contributed by atoms with Crippen molar-refractivity contribution >= 4 is 11.0 Å². The molecule has 3 aromatic rings. The van der Waals surface area contributed by atoms with Crippen molar-refractivity contribution in [2.45, 2.75) is 13.3 Å². The van der Waals surface area contributed by atoms with Crippen molar-refractivity contribution in [1.82, 2.24) is 19.9 Å². The summed E-state index contributed by atoms with van der Waals surface area (Å²) in [5, 5.41) is 0. The molecule has 0 bridgehead atoms. The molecule has 2 heterocycles. The highest BCUT2D eigenvalue weighted by Gasteiger charge is 2.09. The fourth-order valence-electron chi connectivity index (χ4n) is 2.19. The predicted molar refractivity (Wildman–Crippen MR) is 71.2 cm³/mol. The highest BCUT2D eigenvalue weighted by atomic mass is 14.9. The Morgan fingerprint density at radius 2 is 2.22 bits per heavy atom. The zero-order chi connectivity index (χ0) is 12.5. The van der Waals surface area contributed by atoms with Crippen LogP contribution >= 0.6 is 0 Å². The molecular weight excluding hydrogens is 226 g/mol. The number of nitrogens with one attached hydrogen (secondary N) is 2. The highest BCUT2D eigenvalue weighted by Crippen LogP contribution is 2.24. The number of nitrogens with two attached hydrogens (primary N) is 1. The lowest BCUT2D eigenvalue weighted by Crippen LogP contribution is -2.04. The summed E-state index contributed by atoms with van der Waals surface area (Å²) in [6.45, 7) is 2.56. The lowest BCUT2D eigenvalue weighted by molar-refractivity contribution is 0.937. The van der Waals surface area contributed by atoms with Crippen LogP contribution in [0.15, 0.2) is 24.5 Å². The van der Waals surface area contributed by atoms with Crippen LogP contribution in [0.4, 0.5) is 0 Å². The summed E-state index contributed by atoms with van der Waals surface area (Å²) in [5.41, 5.74) is 10.7. The van der Waals surface area contributed by atoms with Crippen LogP contribution in [0.3, 0.4) is 0 Å². The Balaban J connectivity index is 2.10. The lowest BCUT2D eigenvalue weighted by atomic mass is 10.1. The second-order valence-electron chi connectivity index (χ2n) is 4.32. The Morgan fingerprint density at radius 3 is 3.06 bits per heavy atom. The van der Waals surface area contributed by atoms with Crippen molar-refractivity contribution < 1.29 is 0 Å². The highest BCUT2D eigenvalue weighted by molar-refractivity contribution is 5.81. The number of aromatic amines is 2. The minimum absolute atomic E-state index is 0.612. The molecule has 5 nitrogen and oxygen atoms in total. The van der Waals surface area contributed by atoms with Crippen LogP contribution in [0.5, 0.6) is 0 Å². The molecule has 0 fully saturated rings. The molecule has 0 aliphatic rings. The number of aryl methyl sites for hydroxylation is 1. The maximum absolute atomic E-state index is 5.60. The van der Waals surface area contributed by atoms with Crippen molar-refractivity contribution in [2.75, 3.05) is 6.54 Å². The Labute approximate surface area is 104 Å². The topological polar surface area (TPSA) is 83.4 Å². The van der Waals surface area contributed by atoms with Crippen LogP contribution in [0.1, 0.15) is 11.5 Å². The summed E-state index contributed by atoms with van der Waals surface area (Å²) in [6, 6.07) is 6.12. The third kappa shape index (κ3) is 1.78. The van der Waals surface area contributed by atoms with Crippen LogP contribution in [0, 0.1) is 6.92 Å². The van der Waals surface area contributed by atoms with Gasteiger partial charge in [-0.15, -0.1) is 0 Å². The number of rotatable bonds is 3. The van der Waals surface area contributed by atoms with Gasteiger partial charge in [0.2, 0.25) is 0 Å². The van der Waals surface area contributed by atoms with E-state index in [-0.39, 0.29) is 0 Å². The summed E-state index contributed by atoms with van der Waals surface area (Å²) >= 11 is 0. The van der Waals surface area contributed by atoms with Crippen LogP contribution in [0.25, 0.3) is 22.3 Å². The molecule has 0 saturated heterocycles. The molecule has 0 unspecified atom stereocenters. The maximum atomic E-state index is 5.60. The van der Waals surface area contributed by atoms with Crippen LogP contribution in [-0.4, -0.2) is 26.5 Å². The zero-order valence-corrected chi connectivity index (χ0v) is 10.2. The molecule has 5 heteroatoms. The van der Waals surface area contributed by atoms with Crippen molar-refractivity contribution in [3.63, 3.8) is 0 Å². The molecule has 92 valence electrons. The lowest BCUT2D eigenvalue weighted by Gasteiger charge is -2.01. The van der Waals surface area contributed by atoms with E-state index in [1.807, 2.05) is 19.1 Å². The fraction of sp³-hybridized carbons (Fsp3) is 0.231. The molecule has 0 aliphatic carbocycles. The predicted octanol–water partition coefficient (Wildman–Crippen LogP) is 1.76. The number of nitrogens with zero attached hydrogens (tertiary/aromatic N) is 2. The third-order valence-electron chi connectivity index (χ3n) is 2.99. The molecule has 2 aromatic heterocycles. The van der Waals surface area contributed by atoms with Crippen molar-refractivity contribution in [1.29, 1.82) is 0 Å². The Bertz CT molecular complexity index is 680. The van der Waals surface area contributed by atoms with E-state index in [0.29, 0.717) is 6.54 Å². The van der Waals surface area contributed by atoms with Gasteiger partial charge in [0.05, 0.1) is 23.1 Å². The number of benzene rings is 1. The van der Waals surface area contributed by atoms with E-state index in [9.17, 15) is 0 Å². The van der Waals surface area contributed by atoms with Gasteiger partial charge < -0.3 is 15.7 Å². The van der Waals surface area contributed by atoms with Gasteiger partial charge in [-0.3, -0.25) is 0 Å². The standard InChI is InChI=1S/C13H15N5/c1-8-17-10-3-2-9(6-12(10)18-8)13-11(4-5-14)15-7-16-13/h2-3,6-7H,4-5,14H2,1H3,(H,15,16)(H,17,18). The van der Waals surface area contributed by atoms with Crippen molar-refractivity contribution in [3.8, 4) is 11.3 Å². The summed E-state index contributed by atoms with van der Waals surface area (Å²) in [5.74, 6) is 0.923. The smallest absolute Gasteiger partial charge is 0.104 e. The summed E-state index contributed by atoms with van der Waals surface area (Å²) in [7, 11) is 0. The van der Waals surface area contributed by atoms with E-state index in [0.717, 1.165) is 40.2 Å². The number of aromatic nitrogens is 4. The molecule has 0 amide bonds. The normalized spacial score (nSPS) is 11.2. The van der Waals surface area contributed by atoms with Gasteiger partial charge in [0, 0.05) is 17.7 Å². The second kappa shape index (κ2) is 4.27. The van der Waals surface area contributed by atoms with E-state index in [2.05, 4.69) is 26.0 Å². The first-order chi connectivity index (χ1) is 8.78. The van der Waals surface area contributed by atoms with Gasteiger partial charge in [0.15, 0.2) is 0 Å². The van der Waals surface area contributed by atoms with E-state index >= 15 is 0 Å². The number of hydrogen-bond acceptors (Lipinski definition) is 3. The average molecular weight is 241 g/mol. The molecule has 0 aliphatic heterocycles. The quantitative estimate of drug-likeness (QED) is 0.653. The second-order valence-corrected chi connectivity index (χ2v) is 4.32. The molecule has 1 aromatic carbocycles. The van der Waals surface area contributed by atoms with Gasteiger partial charge in [-0.1, -0.05) is 6.07 Å². The summed E-state index contributed by atoms with van der Waals surface area (Å²) < 4.78 is 0. The van der Waals surface area contributed by atoms with E-state index in [1.165, 1.54) is 0 Å². The van der Waals surface area contributed by atoms with E-state index in [1.54, 1.807) is 6.33 Å². The molecule has 0 spiro atoms. The van der Waals surface area contributed by atoms with E-state index < -0.39 is 0 Å². The molecule has 0 atom stereocenters. The van der Waals surface area contributed by atoms with Gasteiger partial charge in [-0.2, -0.15) is 0 Å². The maximum Gasteiger partial charge on any atom is 0.104 e. The fourth-order valence-corrected chi connectivity index (χ4v) is 2.19. The molecule has 0 radical (unpaired) electrons. The largest absolute Gasteiger partial charge is 0.348 e. The Morgan fingerprint density at radius 1 is 1.33 bits per heavy atom. The first-order valence-electron chi connectivity index (χ1n) is 5.97. The van der Waals surface area contributed by atoms with Crippen LogP contribution in [-0.2, 0) is 6.42 Å². The van der Waals surface area contributed by atoms with Gasteiger partial charge in [0.25, 0.3) is 0 Å². The molecule has 0 saturated carbocycles. The minimum Gasteiger partial charge on any atom is -0.348 e.